The van der Waals surface area contributed by atoms with Crippen LogP contribution in [-0.4, -0.2) is 47.7 Å². The van der Waals surface area contributed by atoms with Gasteiger partial charge in [0.25, 0.3) is 5.56 Å². The summed E-state index contributed by atoms with van der Waals surface area (Å²) in [6.45, 7) is 3.58. The van der Waals surface area contributed by atoms with Crippen molar-refractivity contribution in [3.05, 3.63) is 63.9 Å². The highest BCUT2D eigenvalue weighted by Crippen LogP contribution is 2.21. The van der Waals surface area contributed by atoms with E-state index in [4.69, 9.17) is 16.6 Å². The van der Waals surface area contributed by atoms with Crippen LogP contribution in [0.1, 0.15) is 0 Å². The first-order valence-electron chi connectivity index (χ1n) is 8.35. The van der Waals surface area contributed by atoms with Crippen molar-refractivity contribution in [1.29, 1.82) is 0 Å². The zero-order chi connectivity index (χ0) is 17.4. The topological polar surface area (TPSA) is 41.4 Å². The lowest BCUT2D eigenvalue weighted by Gasteiger charge is -2.34. The Bertz CT molecular complexity index is 959. The van der Waals surface area contributed by atoms with E-state index < -0.39 is 0 Å². The second-order valence-electron chi connectivity index (χ2n) is 6.34. The summed E-state index contributed by atoms with van der Waals surface area (Å²) in [6.07, 6.45) is 0. The van der Waals surface area contributed by atoms with E-state index >= 15 is 0 Å². The zero-order valence-electron chi connectivity index (χ0n) is 14.0. The number of benzene rings is 2. The van der Waals surface area contributed by atoms with Crippen LogP contribution in [0.15, 0.2) is 53.3 Å². The molecule has 25 heavy (non-hydrogen) atoms. The number of piperazine rings is 1. The number of fused-ring (bicyclic) bond motifs is 1. The molecule has 6 heteroatoms. The molecule has 0 unspecified atom stereocenters. The third-order valence-electron chi connectivity index (χ3n) is 4.63. The molecule has 4 rings (SSSR count). The van der Waals surface area contributed by atoms with Crippen LogP contribution in [0.2, 0.25) is 5.02 Å². The van der Waals surface area contributed by atoms with Crippen LogP contribution in [0.3, 0.4) is 0 Å². The Morgan fingerprint density at radius 3 is 2.36 bits per heavy atom. The van der Waals surface area contributed by atoms with E-state index in [0.717, 1.165) is 37.4 Å². The van der Waals surface area contributed by atoms with Crippen LogP contribution in [-0.2, 0) is 0 Å². The molecule has 0 radical (unpaired) electrons. The van der Waals surface area contributed by atoms with Gasteiger partial charge in [-0.1, -0.05) is 23.7 Å². The number of para-hydroxylation sites is 1. The fourth-order valence-electron chi connectivity index (χ4n) is 3.16. The first kappa shape index (κ1) is 16.1. The maximum Gasteiger partial charge on any atom is 0.267 e. The molecule has 0 atom stereocenters. The van der Waals surface area contributed by atoms with Crippen molar-refractivity contribution in [2.24, 2.45) is 0 Å². The molecule has 0 amide bonds. The Morgan fingerprint density at radius 1 is 0.960 bits per heavy atom. The molecule has 1 saturated heterocycles. The highest BCUT2D eigenvalue weighted by molar-refractivity contribution is 6.30. The summed E-state index contributed by atoms with van der Waals surface area (Å²) in [5, 5.41) is 1.27. The number of anilines is 1. The number of hydrogen-bond donors (Lipinski definition) is 0. The first-order chi connectivity index (χ1) is 12.1. The van der Waals surface area contributed by atoms with Crippen molar-refractivity contribution in [3.63, 3.8) is 0 Å². The van der Waals surface area contributed by atoms with Crippen LogP contribution in [0.5, 0.6) is 0 Å². The molecule has 2 aromatic carbocycles. The SMILES string of the molecule is CN1CCN(c2nc3ccccc3c(=O)n2-c2ccc(Cl)cc2)CC1. The van der Waals surface area contributed by atoms with E-state index in [2.05, 4.69) is 16.8 Å². The lowest BCUT2D eigenvalue weighted by Crippen LogP contribution is -2.46. The molecule has 0 aliphatic carbocycles. The second-order valence-corrected chi connectivity index (χ2v) is 6.77. The maximum atomic E-state index is 13.2. The van der Waals surface area contributed by atoms with Gasteiger partial charge < -0.3 is 9.80 Å². The second kappa shape index (κ2) is 6.50. The van der Waals surface area contributed by atoms with Gasteiger partial charge in [-0.05, 0) is 43.4 Å². The van der Waals surface area contributed by atoms with Crippen LogP contribution < -0.4 is 10.5 Å². The fraction of sp³-hybridized carbons (Fsp3) is 0.263. The summed E-state index contributed by atoms with van der Waals surface area (Å²) in [6, 6.07) is 14.8. The molecule has 3 aromatic rings. The van der Waals surface area contributed by atoms with E-state index in [0.29, 0.717) is 16.4 Å². The average molecular weight is 355 g/mol. The van der Waals surface area contributed by atoms with E-state index in [1.807, 2.05) is 36.4 Å². The molecule has 0 bridgehead atoms. The largest absolute Gasteiger partial charge is 0.339 e. The summed E-state index contributed by atoms with van der Waals surface area (Å²) in [5.41, 5.74) is 1.45. The highest BCUT2D eigenvalue weighted by Gasteiger charge is 2.21. The predicted octanol–water partition coefficient (Wildman–Crippen LogP) is 2.79. The van der Waals surface area contributed by atoms with Gasteiger partial charge in [0.2, 0.25) is 5.95 Å². The lowest BCUT2D eigenvalue weighted by molar-refractivity contribution is 0.310. The predicted molar refractivity (Wildman–Crippen MR) is 102 cm³/mol. The molecule has 0 spiro atoms. The standard InChI is InChI=1S/C19H19ClN4O/c1-22-10-12-23(13-11-22)19-21-17-5-3-2-4-16(17)18(25)24(19)15-8-6-14(20)7-9-15/h2-9H,10-13H2,1H3. The Balaban J connectivity index is 1.94. The summed E-state index contributed by atoms with van der Waals surface area (Å²) in [7, 11) is 2.11. The van der Waals surface area contributed by atoms with Crippen molar-refractivity contribution in [2.45, 2.75) is 0 Å². The molecular formula is C19H19ClN4O. The highest BCUT2D eigenvalue weighted by atomic mass is 35.5. The Labute approximate surface area is 151 Å². The molecule has 1 fully saturated rings. The van der Waals surface area contributed by atoms with E-state index in [1.165, 1.54) is 0 Å². The van der Waals surface area contributed by atoms with Gasteiger partial charge >= 0.3 is 0 Å². The quantitative estimate of drug-likeness (QED) is 0.709. The molecular weight excluding hydrogens is 336 g/mol. The van der Waals surface area contributed by atoms with Crippen molar-refractivity contribution in [3.8, 4) is 5.69 Å². The Morgan fingerprint density at radius 2 is 1.64 bits per heavy atom. The van der Waals surface area contributed by atoms with Crippen LogP contribution in [0, 0.1) is 0 Å². The monoisotopic (exact) mass is 354 g/mol. The molecule has 128 valence electrons. The number of halogens is 1. The van der Waals surface area contributed by atoms with Gasteiger partial charge in [-0.3, -0.25) is 4.79 Å². The minimum Gasteiger partial charge on any atom is -0.339 e. The first-order valence-corrected chi connectivity index (χ1v) is 8.72. The maximum absolute atomic E-state index is 13.2. The van der Waals surface area contributed by atoms with Crippen LogP contribution in [0.25, 0.3) is 16.6 Å². The molecule has 1 aliphatic heterocycles. The third-order valence-corrected chi connectivity index (χ3v) is 4.88. The van der Waals surface area contributed by atoms with Crippen molar-refractivity contribution < 1.29 is 0 Å². The summed E-state index contributed by atoms with van der Waals surface area (Å²) in [4.78, 5) is 22.5. The van der Waals surface area contributed by atoms with E-state index in [9.17, 15) is 4.79 Å². The molecule has 1 aliphatic rings. The molecule has 2 heterocycles. The van der Waals surface area contributed by atoms with Gasteiger partial charge in [-0.25, -0.2) is 9.55 Å². The zero-order valence-corrected chi connectivity index (χ0v) is 14.8. The van der Waals surface area contributed by atoms with E-state index in [1.54, 1.807) is 16.7 Å². The lowest BCUT2D eigenvalue weighted by atomic mass is 10.2. The van der Waals surface area contributed by atoms with Gasteiger partial charge in [0, 0.05) is 31.2 Å². The Hall–Kier alpha value is -2.37. The molecule has 0 N–H and O–H groups in total. The summed E-state index contributed by atoms with van der Waals surface area (Å²) in [5.74, 6) is 0.694. The van der Waals surface area contributed by atoms with Crippen LogP contribution in [0.4, 0.5) is 5.95 Å². The summed E-state index contributed by atoms with van der Waals surface area (Å²) < 4.78 is 1.70. The number of aromatic nitrogens is 2. The number of likely N-dealkylation sites (N-methyl/N-ethyl adjacent to an activating group) is 1. The smallest absolute Gasteiger partial charge is 0.267 e. The number of rotatable bonds is 2. The minimum atomic E-state index is -0.0538. The normalized spacial score (nSPS) is 15.7. The van der Waals surface area contributed by atoms with Crippen molar-refractivity contribution in [2.75, 3.05) is 38.1 Å². The van der Waals surface area contributed by atoms with Gasteiger partial charge in [-0.2, -0.15) is 0 Å². The van der Waals surface area contributed by atoms with Gasteiger partial charge in [0.15, 0.2) is 0 Å². The van der Waals surface area contributed by atoms with Crippen molar-refractivity contribution in [1.82, 2.24) is 14.5 Å². The Kier molecular flexibility index (Phi) is 4.19. The van der Waals surface area contributed by atoms with E-state index in [-0.39, 0.29) is 5.56 Å². The minimum absolute atomic E-state index is 0.0538. The van der Waals surface area contributed by atoms with Gasteiger partial charge in [0.1, 0.15) is 0 Å². The van der Waals surface area contributed by atoms with Crippen LogP contribution >= 0.6 is 11.6 Å². The average Bonchev–Trinajstić information content (AvgIpc) is 2.63. The molecule has 0 saturated carbocycles. The molecule has 1 aromatic heterocycles. The number of nitrogens with zero attached hydrogens (tertiary/aromatic N) is 4. The third kappa shape index (κ3) is 3.01. The van der Waals surface area contributed by atoms with Crippen molar-refractivity contribution >= 4 is 28.5 Å². The van der Waals surface area contributed by atoms with Gasteiger partial charge in [-0.15, -0.1) is 0 Å². The number of hydrogen-bond acceptors (Lipinski definition) is 4. The van der Waals surface area contributed by atoms with Gasteiger partial charge in [0.05, 0.1) is 16.6 Å². The fourth-order valence-corrected chi connectivity index (χ4v) is 3.29. The summed E-state index contributed by atoms with van der Waals surface area (Å²) >= 11 is 6.02. The molecule has 5 nitrogen and oxygen atoms in total.